The van der Waals surface area contributed by atoms with Gasteiger partial charge in [-0.2, -0.15) is 0 Å². The summed E-state index contributed by atoms with van der Waals surface area (Å²) in [5.41, 5.74) is 1.70. The molecule has 0 bridgehead atoms. The minimum Gasteiger partial charge on any atom is -0.377 e. The lowest BCUT2D eigenvalue weighted by Crippen LogP contribution is -2.54. The molecule has 2 N–H and O–H groups in total. The van der Waals surface area contributed by atoms with Gasteiger partial charge < -0.3 is 10.1 Å². The second-order valence-corrected chi connectivity index (χ2v) is 9.69. The summed E-state index contributed by atoms with van der Waals surface area (Å²) in [5.74, 6) is -0.295. The molecule has 0 aliphatic carbocycles. The normalized spacial score (nSPS) is 19.7. The van der Waals surface area contributed by atoms with Crippen molar-refractivity contribution in [2.24, 2.45) is 0 Å². The van der Waals surface area contributed by atoms with Crippen molar-refractivity contribution in [3.05, 3.63) is 35.4 Å². The van der Waals surface area contributed by atoms with E-state index in [0.29, 0.717) is 12.1 Å². The minimum absolute atomic E-state index is 0.0257. The molecule has 7 heteroatoms. The summed E-state index contributed by atoms with van der Waals surface area (Å²) in [6, 6.07) is 7.45. The zero-order chi connectivity index (χ0) is 18.7. The van der Waals surface area contributed by atoms with E-state index in [9.17, 15) is 4.79 Å². The van der Waals surface area contributed by atoms with Crippen LogP contribution in [0, 0.1) is 0 Å². The van der Waals surface area contributed by atoms with Crippen LogP contribution in [0.2, 0.25) is 0 Å². The fraction of sp³-hybridized carbons (Fsp3) is 0.611. The molecule has 0 saturated carbocycles. The molecule has 0 aromatic heterocycles. The minimum atomic E-state index is -1.67. The van der Waals surface area contributed by atoms with E-state index in [2.05, 4.69) is 31.4 Å². The Hall–Kier alpha value is -0.520. The molecule has 1 aliphatic rings. The van der Waals surface area contributed by atoms with Crippen molar-refractivity contribution in [1.29, 1.82) is 0 Å². The quantitative estimate of drug-likeness (QED) is 0.569. The number of nitrogens with one attached hydrogen (secondary N) is 2. The number of amides is 1. The number of rotatable bonds is 5. The zero-order valence-electron chi connectivity index (χ0n) is 14.7. The summed E-state index contributed by atoms with van der Waals surface area (Å²) >= 11 is 18.0. The highest BCUT2D eigenvalue weighted by Gasteiger charge is 2.34. The zero-order valence-corrected chi connectivity index (χ0v) is 17.0. The molecule has 1 aromatic rings. The highest BCUT2D eigenvalue weighted by molar-refractivity contribution is 6.68. The number of carbonyl (C=O) groups excluding carboxylic acids is 1. The molecule has 4 nitrogen and oxygen atoms in total. The van der Waals surface area contributed by atoms with Gasteiger partial charge in [0.25, 0.3) is 5.91 Å². The molecule has 1 aromatic carbocycles. The van der Waals surface area contributed by atoms with Crippen LogP contribution in [-0.2, 0) is 10.2 Å². The average molecular weight is 408 g/mol. The van der Waals surface area contributed by atoms with Crippen molar-refractivity contribution in [3.8, 4) is 0 Å². The van der Waals surface area contributed by atoms with Gasteiger partial charge in [-0.3, -0.25) is 10.1 Å². The second kappa shape index (κ2) is 8.45. The van der Waals surface area contributed by atoms with Crippen molar-refractivity contribution < 1.29 is 9.53 Å². The molecule has 0 unspecified atom stereocenters. The number of benzene rings is 1. The molecule has 25 heavy (non-hydrogen) atoms. The van der Waals surface area contributed by atoms with Crippen molar-refractivity contribution in [1.82, 2.24) is 10.6 Å². The maximum Gasteiger partial charge on any atom is 0.252 e. The Balaban J connectivity index is 2.00. The van der Waals surface area contributed by atoms with E-state index in [0.717, 1.165) is 25.0 Å². The molecule has 1 fully saturated rings. The Morgan fingerprint density at radius 1 is 1.24 bits per heavy atom. The smallest absolute Gasteiger partial charge is 0.252 e. The first-order valence-corrected chi connectivity index (χ1v) is 9.54. The molecule has 0 spiro atoms. The van der Waals surface area contributed by atoms with Gasteiger partial charge in [0.15, 0.2) is 0 Å². The number of alkyl halides is 3. The molecule has 1 heterocycles. The van der Waals surface area contributed by atoms with Crippen LogP contribution < -0.4 is 10.6 Å². The molecule has 1 aliphatic heterocycles. The highest BCUT2D eigenvalue weighted by Crippen LogP contribution is 2.29. The SMILES string of the molecule is CC(C)(C)c1ccc(C(=O)N[C@H](NC[C@@H]2CCCO2)C(Cl)(Cl)Cl)cc1. The van der Waals surface area contributed by atoms with Gasteiger partial charge in [0.1, 0.15) is 6.17 Å². The number of hydrogen-bond acceptors (Lipinski definition) is 3. The summed E-state index contributed by atoms with van der Waals surface area (Å²) in [4.78, 5) is 12.5. The molecular weight excluding hydrogens is 383 g/mol. The first-order chi connectivity index (χ1) is 11.6. The number of hydrogen-bond donors (Lipinski definition) is 2. The van der Waals surface area contributed by atoms with Crippen LogP contribution in [0.25, 0.3) is 0 Å². The van der Waals surface area contributed by atoms with Crippen LogP contribution in [0.4, 0.5) is 0 Å². The molecule has 0 radical (unpaired) electrons. The second-order valence-electron chi connectivity index (χ2n) is 7.32. The van der Waals surface area contributed by atoms with Gasteiger partial charge in [0.2, 0.25) is 3.79 Å². The molecule has 1 saturated heterocycles. The van der Waals surface area contributed by atoms with E-state index in [1.165, 1.54) is 0 Å². The van der Waals surface area contributed by atoms with E-state index in [1.54, 1.807) is 12.1 Å². The Bertz CT molecular complexity index is 573. The topological polar surface area (TPSA) is 50.4 Å². The molecule has 1 amide bonds. The van der Waals surface area contributed by atoms with Crippen molar-refractivity contribution in [3.63, 3.8) is 0 Å². The van der Waals surface area contributed by atoms with Crippen LogP contribution >= 0.6 is 34.8 Å². The van der Waals surface area contributed by atoms with Crippen LogP contribution in [0.3, 0.4) is 0 Å². The molecule has 2 atom stereocenters. The number of carbonyl (C=O) groups is 1. The third kappa shape index (κ3) is 6.30. The van der Waals surface area contributed by atoms with Gasteiger partial charge in [0.05, 0.1) is 6.10 Å². The fourth-order valence-corrected chi connectivity index (χ4v) is 3.03. The fourth-order valence-electron chi connectivity index (χ4n) is 2.64. The third-order valence-corrected chi connectivity index (χ3v) is 4.84. The van der Waals surface area contributed by atoms with Crippen molar-refractivity contribution in [2.45, 2.75) is 55.1 Å². The van der Waals surface area contributed by atoms with E-state index in [4.69, 9.17) is 39.5 Å². The first-order valence-electron chi connectivity index (χ1n) is 8.40. The lowest BCUT2D eigenvalue weighted by Gasteiger charge is -2.28. The standard InChI is InChI=1S/C18H25Cl3N2O2/c1-17(2,3)13-8-6-12(7-9-13)15(24)23-16(18(19,20)21)22-11-14-5-4-10-25-14/h6-9,14,16,22H,4-5,10-11H2,1-3H3,(H,23,24)/t14-,16-/m0/s1. The van der Waals surface area contributed by atoms with Crippen LogP contribution in [0.15, 0.2) is 24.3 Å². The van der Waals surface area contributed by atoms with Crippen molar-refractivity contribution in [2.75, 3.05) is 13.2 Å². The summed E-state index contributed by atoms with van der Waals surface area (Å²) in [5, 5.41) is 5.84. The van der Waals surface area contributed by atoms with E-state index >= 15 is 0 Å². The van der Waals surface area contributed by atoms with Crippen LogP contribution in [0.1, 0.15) is 49.5 Å². The predicted octanol–water partition coefficient (Wildman–Crippen LogP) is 4.18. The van der Waals surface area contributed by atoms with Gasteiger partial charge in [-0.05, 0) is 36.0 Å². The Morgan fingerprint density at radius 2 is 1.88 bits per heavy atom. The van der Waals surface area contributed by atoms with Crippen LogP contribution in [0.5, 0.6) is 0 Å². The number of ether oxygens (including phenoxy) is 1. The lowest BCUT2D eigenvalue weighted by molar-refractivity contribution is 0.0897. The Morgan fingerprint density at radius 3 is 2.36 bits per heavy atom. The summed E-state index contributed by atoms with van der Waals surface area (Å²) in [6.07, 6.45) is 1.26. The highest BCUT2D eigenvalue weighted by atomic mass is 35.6. The average Bonchev–Trinajstić information content (AvgIpc) is 3.02. The molecule has 140 valence electrons. The van der Waals surface area contributed by atoms with Gasteiger partial charge >= 0.3 is 0 Å². The lowest BCUT2D eigenvalue weighted by atomic mass is 9.87. The van der Waals surface area contributed by atoms with Gasteiger partial charge in [-0.15, -0.1) is 0 Å². The first kappa shape index (κ1) is 20.8. The van der Waals surface area contributed by atoms with Crippen LogP contribution in [-0.4, -0.2) is 35.1 Å². The summed E-state index contributed by atoms with van der Waals surface area (Å²) < 4.78 is 3.88. The summed E-state index contributed by atoms with van der Waals surface area (Å²) in [7, 11) is 0. The predicted molar refractivity (Wildman–Crippen MR) is 104 cm³/mol. The monoisotopic (exact) mass is 406 g/mol. The van der Waals surface area contributed by atoms with Crippen molar-refractivity contribution >= 4 is 40.7 Å². The maximum atomic E-state index is 12.5. The summed E-state index contributed by atoms with van der Waals surface area (Å²) in [6.45, 7) is 7.63. The van der Waals surface area contributed by atoms with E-state index in [-0.39, 0.29) is 17.4 Å². The van der Waals surface area contributed by atoms with E-state index in [1.807, 2.05) is 12.1 Å². The van der Waals surface area contributed by atoms with Gasteiger partial charge in [-0.1, -0.05) is 67.7 Å². The Labute approximate surface area is 164 Å². The Kier molecular flexibility index (Phi) is 7.02. The van der Waals surface area contributed by atoms with Gasteiger partial charge in [-0.25, -0.2) is 0 Å². The largest absolute Gasteiger partial charge is 0.377 e. The maximum absolute atomic E-state index is 12.5. The van der Waals surface area contributed by atoms with Gasteiger partial charge in [0, 0.05) is 18.7 Å². The third-order valence-electron chi connectivity index (χ3n) is 4.19. The molecular formula is C18H25Cl3N2O2. The number of halogens is 3. The molecule has 2 rings (SSSR count). The van der Waals surface area contributed by atoms with E-state index < -0.39 is 9.96 Å².